The Balaban J connectivity index is 0.00000456. The number of nitrogens with zero attached hydrogens (tertiary/aromatic N) is 1. The fourth-order valence-electron chi connectivity index (χ4n) is 5.49. The molecule has 0 saturated carbocycles. The molecule has 0 saturated heterocycles. The van der Waals surface area contributed by atoms with Crippen molar-refractivity contribution < 1.29 is 23.7 Å². The van der Waals surface area contributed by atoms with Gasteiger partial charge in [-0.05, 0) is 61.1 Å². The third-order valence-corrected chi connectivity index (χ3v) is 7.17. The topological polar surface area (TPSA) is 57.2 Å². The van der Waals surface area contributed by atoms with Crippen molar-refractivity contribution in [2.24, 2.45) is 5.92 Å². The Bertz CT molecular complexity index is 982. The predicted molar refractivity (Wildman–Crippen MR) is 146 cm³/mol. The van der Waals surface area contributed by atoms with Crippen LogP contribution in [0.1, 0.15) is 49.3 Å². The van der Waals surface area contributed by atoms with E-state index in [1.165, 1.54) is 23.8 Å². The number of carbonyl (C=O) groups excluding carboxylic acids is 1. The number of ether oxygens (including phenoxy) is 4. The Morgan fingerprint density at radius 3 is 2.44 bits per heavy atom. The first-order chi connectivity index (χ1) is 16.8. The Morgan fingerprint density at radius 1 is 1.06 bits per heavy atom. The minimum absolute atomic E-state index is 0. The first-order valence-corrected chi connectivity index (χ1v) is 12.5. The van der Waals surface area contributed by atoms with Crippen molar-refractivity contribution in [2.45, 2.75) is 51.0 Å². The molecule has 6 nitrogen and oxygen atoms in total. The van der Waals surface area contributed by atoms with Gasteiger partial charge in [0.05, 0.1) is 14.2 Å². The molecule has 0 bridgehead atoms. The van der Waals surface area contributed by atoms with Gasteiger partial charge in [0.25, 0.3) is 0 Å². The van der Waals surface area contributed by atoms with Gasteiger partial charge in [0.1, 0.15) is 12.2 Å². The van der Waals surface area contributed by atoms with Gasteiger partial charge in [-0.2, -0.15) is 0 Å². The number of hydrogen-bond acceptors (Lipinski definition) is 6. The van der Waals surface area contributed by atoms with Gasteiger partial charge < -0.3 is 23.8 Å². The molecule has 0 unspecified atom stereocenters. The molecule has 200 valence electrons. The fourth-order valence-corrected chi connectivity index (χ4v) is 5.49. The SMILES string of the molecule is COCC(=O)O[C@@]1(CCN(C)CCc2ccc(OC)c(OC)c2)CCc2ccccc2[C@H]1C(C)C.Cl. The van der Waals surface area contributed by atoms with Crippen molar-refractivity contribution >= 4 is 18.4 Å². The standard InChI is InChI=1S/C29H41NO5.ClH/c1-21(2)28-24-10-8-7-9-23(24)13-15-29(28,35-27(31)20-32-4)16-18-30(3)17-14-22-11-12-25(33-5)26(19-22)34-6;/h7-12,19,21,28H,13-18,20H2,1-6H3;1H/t28-,29-;/m1./s1. The molecular weight excluding hydrogens is 478 g/mol. The molecule has 3 rings (SSSR count). The number of rotatable bonds is 12. The van der Waals surface area contributed by atoms with Crippen molar-refractivity contribution in [3.05, 3.63) is 59.2 Å². The second-order valence-electron chi connectivity index (χ2n) is 9.88. The molecule has 0 radical (unpaired) electrons. The molecule has 0 N–H and O–H groups in total. The van der Waals surface area contributed by atoms with E-state index in [0.29, 0.717) is 5.92 Å². The zero-order chi connectivity index (χ0) is 25.4. The summed E-state index contributed by atoms with van der Waals surface area (Å²) in [4.78, 5) is 15.0. The summed E-state index contributed by atoms with van der Waals surface area (Å²) in [6.07, 6.45) is 3.41. The van der Waals surface area contributed by atoms with Crippen LogP contribution in [0.4, 0.5) is 0 Å². The van der Waals surface area contributed by atoms with Crippen molar-refractivity contribution in [1.29, 1.82) is 0 Å². The molecule has 7 heteroatoms. The van der Waals surface area contributed by atoms with E-state index in [9.17, 15) is 4.79 Å². The number of esters is 1. The lowest BCUT2D eigenvalue weighted by atomic mass is 9.65. The Hall–Kier alpha value is -2.28. The quantitative estimate of drug-likeness (QED) is 0.354. The van der Waals surface area contributed by atoms with Gasteiger partial charge in [0.15, 0.2) is 11.5 Å². The minimum Gasteiger partial charge on any atom is -0.493 e. The van der Waals surface area contributed by atoms with E-state index in [4.69, 9.17) is 18.9 Å². The second kappa shape index (κ2) is 13.9. The summed E-state index contributed by atoms with van der Waals surface area (Å²) in [7, 11) is 6.97. The van der Waals surface area contributed by atoms with E-state index in [0.717, 1.165) is 50.3 Å². The van der Waals surface area contributed by atoms with Crippen molar-refractivity contribution in [2.75, 3.05) is 48.1 Å². The molecule has 1 aliphatic carbocycles. The summed E-state index contributed by atoms with van der Waals surface area (Å²) in [5.74, 6) is 1.68. The summed E-state index contributed by atoms with van der Waals surface area (Å²) in [6, 6.07) is 14.7. The van der Waals surface area contributed by atoms with E-state index >= 15 is 0 Å². The maximum absolute atomic E-state index is 12.7. The summed E-state index contributed by atoms with van der Waals surface area (Å²) >= 11 is 0. The Morgan fingerprint density at radius 2 is 1.78 bits per heavy atom. The van der Waals surface area contributed by atoms with E-state index in [2.05, 4.69) is 56.1 Å². The molecule has 0 heterocycles. The van der Waals surface area contributed by atoms with Crippen LogP contribution >= 0.6 is 12.4 Å². The lowest BCUT2D eigenvalue weighted by molar-refractivity contribution is -0.172. The van der Waals surface area contributed by atoms with Crippen LogP contribution < -0.4 is 9.47 Å². The van der Waals surface area contributed by atoms with Crippen LogP contribution in [0.5, 0.6) is 11.5 Å². The monoisotopic (exact) mass is 519 g/mol. The van der Waals surface area contributed by atoms with Gasteiger partial charge in [-0.3, -0.25) is 0 Å². The largest absolute Gasteiger partial charge is 0.493 e. The number of carbonyl (C=O) groups is 1. The van der Waals surface area contributed by atoms with Crippen LogP contribution in [0.15, 0.2) is 42.5 Å². The number of benzene rings is 2. The van der Waals surface area contributed by atoms with Crippen molar-refractivity contribution in [3.63, 3.8) is 0 Å². The molecule has 2 aromatic rings. The highest BCUT2D eigenvalue weighted by Gasteiger charge is 2.47. The number of methoxy groups -OCH3 is 3. The zero-order valence-corrected chi connectivity index (χ0v) is 23.4. The van der Waals surface area contributed by atoms with Crippen LogP contribution in [0, 0.1) is 5.92 Å². The van der Waals surface area contributed by atoms with Gasteiger partial charge in [-0.15, -0.1) is 12.4 Å². The molecule has 0 aromatic heterocycles. The smallest absolute Gasteiger partial charge is 0.332 e. The van der Waals surface area contributed by atoms with Gasteiger partial charge in [0.2, 0.25) is 0 Å². The minimum atomic E-state index is -0.546. The Labute approximate surface area is 222 Å². The van der Waals surface area contributed by atoms with Crippen LogP contribution in [0.3, 0.4) is 0 Å². The van der Waals surface area contributed by atoms with Crippen LogP contribution in [0.2, 0.25) is 0 Å². The van der Waals surface area contributed by atoms with E-state index < -0.39 is 5.60 Å². The van der Waals surface area contributed by atoms with Gasteiger partial charge in [-0.1, -0.05) is 44.2 Å². The summed E-state index contributed by atoms with van der Waals surface area (Å²) in [5.41, 5.74) is 3.33. The van der Waals surface area contributed by atoms with Gasteiger partial charge in [0, 0.05) is 32.5 Å². The third-order valence-electron chi connectivity index (χ3n) is 7.17. The van der Waals surface area contributed by atoms with Crippen LogP contribution in [-0.2, 0) is 27.1 Å². The summed E-state index contributed by atoms with van der Waals surface area (Å²) in [6.45, 7) is 6.15. The average Bonchev–Trinajstić information content (AvgIpc) is 2.85. The number of fused-ring (bicyclic) bond motifs is 1. The highest BCUT2D eigenvalue weighted by Crippen LogP contribution is 2.48. The number of hydrogen-bond donors (Lipinski definition) is 0. The fraction of sp³-hybridized carbons (Fsp3) is 0.552. The Kier molecular flexibility index (Phi) is 11.5. The van der Waals surface area contributed by atoms with E-state index in [1.807, 2.05) is 12.1 Å². The maximum atomic E-state index is 12.7. The van der Waals surface area contributed by atoms with E-state index in [1.54, 1.807) is 14.2 Å². The lowest BCUT2D eigenvalue weighted by Crippen LogP contribution is -2.49. The number of halogens is 1. The molecule has 2 aromatic carbocycles. The van der Waals surface area contributed by atoms with Gasteiger partial charge >= 0.3 is 5.97 Å². The van der Waals surface area contributed by atoms with Crippen molar-refractivity contribution in [3.8, 4) is 11.5 Å². The van der Waals surface area contributed by atoms with E-state index in [-0.39, 0.29) is 30.9 Å². The molecule has 0 spiro atoms. The van der Waals surface area contributed by atoms with Gasteiger partial charge in [-0.25, -0.2) is 4.79 Å². The summed E-state index contributed by atoms with van der Waals surface area (Å²) in [5, 5.41) is 0. The van der Waals surface area contributed by atoms with Crippen LogP contribution in [0.25, 0.3) is 0 Å². The number of likely N-dealkylation sites (N-methyl/N-ethyl adjacent to an activating group) is 1. The normalized spacial score (nSPS) is 18.9. The maximum Gasteiger partial charge on any atom is 0.332 e. The highest BCUT2D eigenvalue weighted by molar-refractivity contribution is 5.85. The van der Waals surface area contributed by atoms with Crippen LogP contribution in [-0.4, -0.2) is 64.5 Å². The molecule has 0 fully saturated rings. The number of aryl methyl sites for hydroxylation is 1. The predicted octanol–water partition coefficient (Wildman–Crippen LogP) is 5.30. The molecule has 2 atom stereocenters. The molecule has 1 aliphatic rings. The highest BCUT2D eigenvalue weighted by atomic mass is 35.5. The molecule has 0 amide bonds. The average molecular weight is 520 g/mol. The zero-order valence-electron chi connectivity index (χ0n) is 22.5. The molecule has 36 heavy (non-hydrogen) atoms. The molecular formula is C29H42ClNO5. The summed E-state index contributed by atoms with van der Waals surface area (Å²) < 4.78 is 22.2. The molecule has 0 aliphatic heterocycles. The first-order valence-electron chi connectivity index (χ1n) is 12.5. The third kappa shape index (κ3) is 7.15. The lowest BCUT2D eigenvalue weighted by Gasteiger charge is -2.47. The second-order valence-corrected chi connectivity index (χ2v) is 9.88. The van der Waals surface area contributed by atoms with Crippen molar-refractivity contribution in [1.82, 2.24) is 4.90 Å². The first kappa shape index (κ1) is 29.9.